The van der Waals surface area contributed by atoms with Crippen LogP contribution in [-0.2, 0) is 13.0 Å². The normalized spacial score (nSPS) is 25.0. The summed E-state index contributed by atoms with van der Waals surface area (Å²) in [5.41, 5.74) is 8.16. The van der Waals surface area contributed by atoms with Crippen molar-refractivity contribution < 1.29 is 13.2 Å². The average Bonchev–Trinajstić information content (AvgIpc) is 2.78. The molecule has 0 amide bonds. The first-order valence-corrected chi connectivity index (χ1v) is 7.66. The average molecular weight is 303 g/mol. The molecule has 1 aliphatic carbocycles. The second kappa shape index (κ2) is 6.38. The molecule has 120 valence electrons. The van der Waals surface area contributed by atoms with Crippen molar-refractivity contribution in [3.8, 4) is 0 Å². The second-order valence-corrected chi connectivity index (χ2v) is 6.13. The molecule has 1 aromatic rings. The van der Waals surface area contributed by atoms with Crippen LogP contribution in [-0.4, -0.2) is 22.0 Å². The van der Waals surface area contributed by atoms with E-state index in [1.165, 1.54) is 0 Å². The van der Waals surface area contributed by atoms with E-state index in [0.29, 0.717) is 12.8 Å². The van der Waals surface area contributed by atoms with E-state index in [9.17, 15) is 13.2 Å². The molecule has 0 aromatic carbocycles. The first-order valence-electron chi connectivity index (χ1n) is 7.66. The molecule has 3 unspecified atom stereocenters. The lowest BCUT2D eigenvalue weighted by molar-refractivity contribution is -0.186. The fraction of sp³-hybridized carbons (Fsp3) is 0.800. The molecular formula is C15H24F3N3. The first kappa shape index (κ1) is 16.3. The molecule has 3 nitrogen and oxygen atoms in total. The number of nitrogens with zero attached hydrogens (tertiary/aromatic N) is 2. The van der Waals surface area contributed by atoms with Crippen LogP contribution in [0.5, 0.6) is 0 Å². The fourth-order valence-corrected chi connectivity index (χ4v) is 3.36. The van der Waals surface area contributed by atoms with Crippen molar-refractivity contribution in [1.29, 1.82) is 0 Å². The minimum atomic E-state index is -4.08. The molecule has 6 heteroatoms. The van der Waals surface area contributed by atoms with Crippen LogP contribution >= 0.6 is 0 Å². The summed E-state index contributed by atoms with van der Waals surface area (Å²) in [5.74, 6) is -1.23. The molecule has 1 fully saturated rings. The maximum Gasteiger partial charge on any atom is 0.391 e. The summed E-state index contributed by atoms with van der Waals surface area (Å²) < 4.78 is 40.5. The quantitative estimate of drug-likeness (QED) is 0.926. The summed E-state index contributed by atoms with van der Waals surface area (Å²) in [6, 6.07) is 1.75. The van der Waals surface area contributed by atoms with Gasteiger partial charge in [0, 0.05) is 24.7 Å². The van der Waals surface area contributed by atoms with Crippen LogP contribution < -0.4 is 5.73 Å². The third-order valence-corrected chi connectivity index (χ3v) is 4.51. The van der Waals surface area contributed by atoms with Crippen LogP contribution in [0.1, 0.15) is 44.0 Å². The van der Waals surface area contributed by atoms with Crippen molar-refractivity contribution in [2.75, 3.05) is 0 Å². The molecule has 1 aromatic heterocycles. The van der Waals surface area contributed by atoms with Gasteiger partial charge in [-0.25, -0.2) is 0 Å². The van der Waals surface area contributed by atoms with Gasteiger partial charge in [-0.2, -0.15) is 18.3 Å². The largest absolute Gasteiger partial charge is 0.391 e. The molecule has 0 radical (unpaired) electrons. The summed E-state index contributed by atoms with van der Waals surface area (Å²) in [7, 11) is 0. The molecule has 1 heterocycles. The number of halogens is 3. The zero-order valence-corrected chi connectivity index (χ0v) is 12.7. The Morgan fingerprint density at radius 3 is 2.76 bits per heavy atom. The van der Waals surface area contributed by atoms with Crippen molar-refractivity contribution in [3.63, 3.8) is 0 Å². The predicted octanol–water partition coefficient (Wildman–Crippen LogP) is 3.45. The highest BCUT2D eigenvalue weighted by Gasteiger charge is 2.43. The third-order valence-electron chi connectivity index (χ3n) is 4.51. The highest BCUT2D eigenvalue weighted by atomic mass is 19.4. The van der Waals surface area contributed by atoms with Gasteiger partial charge in [-0.15, -0.1) is 0 Å². The molecule has 0 saturated heterocycles. The van der Waals surface area contributed by atoms with Gasteiger partial charge in [0.1, 0.15) is 0 Å². The third kappa shape index (κ3) is 3.99. The van der Waals surface area contributed by atoms with Crippen molar-refractivity contribution in [1.82, 2.24) is 9.78 Å². The Bertz CT molecular complexity index is 467. The molecule has 1 aliphatic rings. The van der Waals surface area contributed by atoms with Gasteiger partial charge in [-0.1, -0.05) is 6.42 Å². The lowest BCUT2D eigenvalue weighted by atomic mass is 9.76. The van der Waals surface area contributed by atoms with E-state index in [0.717, 1.165) is 24.4 Å². The smallest absolute Gasteiger partial charge is 0.327 e. The van der Waals surface area contributed by atoms with Gasteiger partial charge in [0.2, 0.25) is 0 Å². The minimum absolute atomic E-state index is 0.0501. The Morgan fingerprint density at radius 1 is 1.43 bits per heavy atom. The summed E-state index contributed by atoms with van der Waals surface area (Å²) >= 11 is 0. The Hall–Kier alpha value is -1.04. The Labute approximate surface area is 123 Å². The fourth-order valence-electron chi connectivity index (χ4n) is 3.36. The molecule has 2 N–H and O–H groups in total. The molecule has 0 aliphatic heterocycles. The zero-order valence-electron chi connectivity index (χ0n) is 12.7. The number of alkyl halides is 3. The van der Waals surface area contributed by atoms with Gasteiger partial charge in [-0.05, 0) is 45.1 Å². The SMILES string of the molecule is CCn1nc(C)cc1CC(N)C1CCCC(C(F)(F)F)C1. The molecule has 2 rings (SSSR count). The Balaban J connectivity index is 2.01. The lowest BCUT2D eigenvalue weighted by Gasteiger charge is -2.33. The summed E-state index contributed by atoms with van der Waals surface area (Å²) in [4.78, 5) is 0. The van der Waals surface area contributed by atoms with Gasteiger partial charge in [0.15, 0.2) is 0 Å². The predicted molar refractivity (Wildman–Crippen MR) is 75.8 cm³/mol. The lowest BCUT2D eigenvalue weighted by Crippen LogP contribution is -2.39. The van der Waals surface area contributed by atoms with E-state index in [4.69, 9.17) is 5.73 Å². The van der Waals surface area contributed by atoms with Crippen molar-refractivity contribution in [2.24, 2.45) is 17.6 Å². The van der Waals surface area contributed by atoms with Crippen molar-refractivity contribution in [3.05, 3.63) is 17.5 Å². The van der Waals surface area contributed by atoms with E-state index >= 15 is 0 Å². The highest BCUT2D eigenvalue weighted by Crippen LogP contribution is 2.41. The number of rotatable bonds is 4. The maximum atomic E-state index is 12.9. The Kier molecular flexibility index (Phi) is 4.96. The summed E-state index contributed by atoms with van der Waals surface area (Å²) in [6.45, 7) is 4.68. The van der Waals surface area contributed by atoms with Crippen LogP contribution in [0.2, 0.25) is 0 Å². The van der Waals surface area contributed by atoms with Gasteiger partial charge < -0.3 is 5.73 Å². The zero-order chi connectivity index (χ0) is 15.6. The monoisotopic (exact) mass is 303 g/mol. The number of hydrogen-bond acceptors (Lipinski definition) is 2. The standard InChI is InChI=1S/C15H24F3N3/c1-3-21-13(7-10(2)20-21)9-14(19)11-5-4-6-12(8-11)15(16,17)18/h7,11-12,14H,3-6,8-9,19H2,1-2H3. The molecule has 3 atom stereocenters. The summed E-state index contributed by atoms with van der Waals surface area (Å²) in [5, 5.41) is 4.36. The topological polar surface area (TPSA) is 43.8 Å². The maximum absolute atomic E-state index is 12.9. The number of hydrogen-bond donors (Lipinski definition) is 1. The van der Waals surface area contributed by atoms with Crippen LogP contribution in [0.3, 0.4) is 0 Å². The number of nitrogens with two attached hydrogens (primary N) is 1. The van der Waals surface area contributed by atoms with Crippen LogP contribution in [0.25, 0.3) is 0 Å². The molecule has 0 spiro atoms. The van der Waals surface area contributed by atoms with Gasteiger partial charge >= 0.3 is 6.18 Å². The Morgan fingerprint density at radius 2 is 2.14 bits per heavy atom. The molecule has 21 heavy (non-hydrogen) atoms. The second-order valence-electron chi connectivity index (χ2n) is 6.13. The van der Waals surface area contributed by atoms with Gasteiger partial charge in [0.05, 0.1) is 11.6 Å². The van der Waals surface area contributed by atoms with Crippen molar-refractivity contribution >= 4 is 0 Å². The van der Waals surface area contributed by atoms with E-state index in [-0.39, 0.29) is 24.8 Å². The van der Waals surface area contributed by atoms with E-state index in [2.05, 4.69) is 5.10 Å². The van der Waals surface area contributed by atoms with Crippen LogP contribution in [0.15, 0.2) is 6.07 Å². The number of aryl methyl sites for hydroxylation is 2. The number of aromatic nitrogens is 2. The first-order chi connectivity index (χ1) is 9.81. The molecule has 0 bridgehead atoms. The van der Waals surface area contributed by atoms with Crippen LogP contribution in [0.4, 0.5) is 13.2 Å². The van der Waals surface area contributed by atoms with Crippen molar-refractivity contribution in [2.45, 2.75) is 64.7 Å². The van der Waals surface area contributed by atoms with Gasteiger partial charge in [0.25, 0.3) is 0 Å². The molecule has 1 saturated carbocycles. The highest BCUT2D eigenvalue weighted by molar-refractivity contribution is 5.11. The minimum Gasteiger partial charge on any atom is -0.327 e. The van der Waals surface area contributed by atoms with Gasteiger partial charge in [-0.3, -0.25) is 4.68 Å². The van der Waals surface area contributed by atoms with Crippen LogP contribution in [0, 0.1) is 18.8 Å². The van der Waals surface area contributed by atoms with E-state index < -0.39 is 12.1 Å². The summed E-state index contributed by atoms with van der Waals surface area (Å²) in [6.07, 6.45) is -1.64. The molecular weight excluding hydrogens is 279 g/mol. The van der Waals surface area contributed by atoms with E-state index in [1.54, 1.807) is 0 Å². The van der Waals surface area contributed by atoms with E-state index in [1.807, 2.05) is 24.6 Å².